The number of carboxylic acids is 1. The Balaban J connectivity index is 2.18. The predicted molar refractivity (Wildman–Crippen MR) is 66.9 cm³/mol. The summed E-state index contributed by atoms with van der Waals surface area (Å²) < 4.78 is 11.0. The molecule has 2 rings (SSSR count). The van der Waals surface area contributed by atoms with Gasteiger partial charge in [0, 0.05) is 6.42 Å². The van der Waals surface area contributed by atoms with Crippen molar-refractivity contribution in [1.82, 2.24) is 4.90 Å². The number of amides is 1. The van der Waals surface area contributed by atoms with Gasteiger partial charge in [-0.3, -0.25) is 4.90 Å². The number of hydrogen-bond acceptors (Lipinski definition) is 4. The quantitative estimate of drug-likeness (QED) is 0.784. The van der Waals surface area contributed by atoms with E-state index in [-0.39, 0.29) is 18.2 Å². The molecule has 0 radical (unpaired) electrons. The van der Waals surface area contributed by atoms with Crippen LogP contribution < -0.4 is 0 Å². The zero-order valence-electron chi connectivity index (χ0n) is 11.8. The highest BCUT2D eigenvalue weighted by Crippen LogP contribution is 2.37. The summed E-state index contributed by atoms with van der Waals surface area (Å²) >= 11 is 0. The lowest BCUT2D eigenvalue weighted by Crippen LogP contribution is -2.47. The zero-order chi connectivity index (χ0) is 14.4. The lowest BCUT2D eigenvalue weighted by molar-refractivity contribution is -0.142. The third kappa shape index (κ3) is 2.83. The highest BCUT2D eigenvalue weighted by molar-refractivity contribution is 5.81. The second-order valence-corrected chi connectivity index (χ2v) is 6.27. The maximum absolute atomic E-state index is 12.2. The minimum atomic E-state index is -1.00. The smallest absolute Gasteiger partial charge is 0.411 e. The average Bonchev–Trinajstić information content (AvgIpc) is 2.69. The minimum Gasteiger partial charge on any atom is -0.480 e. The molecule has 0 aromatic rings. The molecule has 0 bridgehead atoms. The van der Waals surface area contributed by atoms with E-state index in [4.69, 9.17) is 9.47 Å². The second kappa shape index (κ2) is 4.67. The van der Waals surface area contributed by atoms with Gasteiger partial charge in [0.2, 0.25) is 0 Å². The van der Waals surface area contributed by atoms with Crippen LogP contribution in [0.15, 0.2) is 0 Å². The summed E-state index contributed by atoms with van der Waals surface area (Å²) in [6, 6.07) is -1.04. The normalized spacial score (nSPS) is 34.2. The molecule has 2 heterocycles. The van der Waals surface area contributed by atoms with E-state index >= 15 is 0 Å². The zero-order valence-corrected chi connectivity index (χ0v) is 11.8. The fraction of sp³-hybridized carbons (Fsp3) is 0.846. The van der Waals surface area contributed by atoms with Crippen LogP contribution in [-0.4, -0.2) is 52.0 Å². The molecule has 0 spiro atoms. The van der Waals surface area contributed by atoms with Gasteiger partial charge in [0.15, 0.2) is 0 Å². The summed E-state index contributed by atoms with van der Waals surface area (Å²) in [6.45, 7) is 7.23. The predicted octanol–water partition coefficient (Wildman–Crippen LogP) is 1.63. The molecule has 0 aliphatic carbocycles. The Hall–Kier alpha value is -1.30. The van der Waals surface area contributed by atoms with Crippen molar-refractivity contribution in [3.05, 3.63) is 0 Å². The number of likely N-dealkylation sites (tertiary alicyclic amines) is 1. The summed E-state index contributed by atoms with van der Waals surface area (Å²) in [4.78, 5) is 24.8. The van der Waals surface area contributed by atoms with Gasteiger partial charge < -0.3 is 14.6 Å². The minimum absolute atomic E-state index is 0.0506. The molecule has 0 aromatic heterocycles. The van der Waals surface area contributed by atoms with Crippen molar-refractivity contribution in [3.63, 3.8) is 0 Å². The maximum Gasteiger partial charge on any atom is 0.411 e. The third-order valence-electron chi connectivity index (χ3n) is 3.45. The Bertz CT molecular complexity index is 389. The van der Waals surface area contributed by atoms with Gasteiger partial charge in [-0.05, 0) is 34.1 Å². The number of carbonyl (C=O) groups is 2. The molecule has 2 aliphatic rings. The van der Waals surface area contributed by atoms with Crippen LogP contribution in [0.25, 0.3) is 0 Å². The lowest BCUT2D eigenvalue weighted by atomic mass is 10.1. The molecule has 0 saturated carbocycles. The number of carbonyl (C=O) groups excluding carboxylic acids is 1. The molecule has 2 aliphatic heterocycles. The van der Waals surface area contributed by atoms with Gasteiger partial charge in [0.1, 0.15) is 11.6 Å². The van der Waals surface area contributed by atoms with Crippen molar-refractivity contribution in [3.8, 4) is 0 Å². The van der Waals surface area contributed by atoms with Gasteiger partial charge in [-0.1, -0.05) is 0 Å². The Morgan fingerprint density at radius 1 is 1.32 bits per heavy atom. The molecule has 19 heavy (non-hydrogen) atoms. The van der Waals surface area contributed by atoms with Crippen LogP contribution >= 0.6 is 0 Å². The molecule has 1 N–H and O–H groups in total. The van der Waals surface area contributed by atoms with Crippen LogP contribution in [0.1, 0.15) is 40.5 Å². The van der Waals surface area contributed by atoms with Crippen LogP contribution in [-0.2, 0) is 14.3 Å². The fourth-order valence-electron chi connectivity index (χ4n) is 2.80. The number of ether oxygens (including phenoxy) is 2. The summed E-state index contributed by atoms with van der Waals surface area (Å²) in [6.07, 6.45) is 0.292. The number of carboxylic acid groups (broad SMARTS) is 1. The number of aliphatic carboxylic acids is 1. The highest BCUT2D eigenvalue weighted by Gasteiger charge is 2.52. The molecule has 6 nitrogen and oxygen atoms in total. The van der Waals surface area contributed by atoms with Crippen molar-refractivity contribution in [1.29, 1.82) is 0 Å². The van der Waals surface area contributed by atoms with E-state index in [1.54, 1.807) is 20.8 Å². The molecule has 2 fully saturated rings. The number of rotatable bonds is 1. The van der Waals surface area contributed by atoms with E-state index < -0.39 is 23.7 Å². The molecule has 108 valence electrons. The molecule has 6 heteroatoms. The lowest BCUT2D eigenvalue weighted by Gasteiger charge is -2.30. The standard InChI is InChI=1S/C13H21NO5/c1-7-5-8-10(18-7)6-9(11(15)16)14(8)12(17)19-13(2,3)4/h7-10H,5-6H2,1-4H3,(H,15,16)/t7-,8+,9+,10+/m1/s1. The van der Waals surface area contributed by atoms with Gasteiger partial charge in [0.05, 0.1) is 18.2 Å². The molecular formula is C13H21NO5. The Morgan fingerprint density at radius 3 is 2.47 bits per heavy atom. The van der Waals surface area contributed by atoms with Crippen LogP contribution in [0, 0.1) is 0 Å². The van der Waals surface area contributed by atoms with Crippen LogP contribution in [0.3, 0.4) is 0 Å². The average molecular weight is 271 g/mol. The van der Waals surface area contributed by atoms with E-state index in [9.17, 15) is 14.7 Å². The summed E-state index contributed by atoms with van der Waals surface area (Å²) in [5, 5.41) is 9.25. The van der Waals surface area contributed by atoms with Gasteiger partial charge in [0.25, 0.3) is 0 Å². The van der Waals surface area contributed by atoms with Gasteiger partial charge >= 0.3 is 12.1 Å². The van der Waals surface area contributed by atoms with Gasteiger partial charge in [-0.25, -0.2) is 9.59 Å². The second-order valence-electron chi connectivity index (χ2n) is 6.27. The number of fused-ring (bicyclic) bond motifs is 1. The summed E-state index contributed by atoms with van der Waals surface area (Å²) in [7, 11) is 0. The largest absolute Gasteiger partial charge is 0.480 e. The van der Waals surface area contributed by atoms with Crippen molar-refractivity contribution in [2.24, 2.45) is 0 Å². The SMILES string of the molecule is C[C@@H]1C[C@H]2[C@H](C[C@@H](C(=O)O)N2C(=O)OC(C)(C)C)O1. The highest BCUT2D eigenvalue weighted by atomic mass is 16.6. The first-order chi connectivity index (χ1) is 8.69. The van der Waals surface area contributed by atoms with Gasteiger partial charge in [-0.15, -0.1) is 0 Å². The molecule has 0 aromatic carbocycles. The Kier molecular flexibility index (Phi) is 3.47. The third-order valence-corrected chi connectivity index (χ3v) is 3.45. The molecule has 2 saturated heterocycles. The molecule has 1 amide bonds. The van der Waals surface area contributed by atoms with Crippen LogP contribution in [0.4, 0.5) is 4.79 Å². The topological polar surface area (TPSA) is 76.1 Å². The van der Waals surface area contributed by atoms with E-state index in [0.717, 1.165) is 0 Å². The van der Waals surface area contributed by atoms with Crippen LogP contribution in [0.2, 0.25) is 0 Å². The monoisotopic (exact) mass is 271 g/mol. The van der Waals surface area contributed by atoms with Gasteiger partial charge in [-0.2, -0.15) is 0 Å². The van der Waals surface area contributed by atoms with Crippen LogP contribution in [0.5, 0.6) is 0 Å². The van der Waals surface area contributed by atoms with Crippen molar-refractivity contribution < 1.29 is 24.2 Å². The van der Waals surface area contributed by atoms with E-state index in [2.05, 4.69) is 0 Å². The molecule has 4 atom stereocenters. The first-order valence-corrected chi connectivity index (χ1v) is 6.58. The molecule has 0 unspecified atom stereocenters. The van der Waals surface area contributed by atoms with Crippen molar-refractivity contribution >= 4 is 12.1 Å². The van der Waals surface area contributed by atoms with E-state index in [1.165, 1.54) is 4.90 Å². The Morgan fingerprint density at radius 2 is 1.95 bits per heavy atom. The van der Waals surface area contributed by atoms with Crippen molar-refractivity contribution in [2.75, 3.05) is 0 Å². The number of hydrogen-bond donors (Lipinski definition) is 1. The summed E-state index contributed by atoms with van der Waals surface area (Å²) in [5.41, 5.74) is -0.636. The van der Waals surface area contributed by atoms with E-state index in [0.29, 0.717) is 12.8 Å². The first-order valence-electron chi connectivity index (χ1n) is 6.58. The van der Waals surface area contributed by atoms with Crippen molar-refractivity contribution in [2.45, 2.75) is 70.4 Å². The fourth-order valence-corrected chi connectivity index (χ4v) is 2.80. The summed E-state index contributed by atoms with van der Waals surface area (Å²) in [5.74, 6) is -1.00. The number of nitrogens with zero attached hydrogens (tertiary/aromatic N) is 1. The van der Waals surface area contributed by atoms with E-state index in [1.807, 2.05) is 6.92 Å². The maximum atomic E-state index is 12.2. The molecular weight excluding hydrogens is 250 g/mol. The first kappa shape index (κ1) is 14.1. The Labute approximate surface area is 112 Å².